The normalized spacial score (nSPS) is 11.6. The van der Waals surface area contributed by atoms with Crippen molar-refractivity contribution in [3.05, 3.63) is 290 Å². The van der Waals surface area contributed by atoms with Gasteiger partial charge >= 0.3 is 0 Å². The maximum Gasteiger partial charge on any atom is 0.0541 e. The highest BCUT2D eigenvalue weighted by Gasteiger charge is 2.17. The molecule has 0 saturated heterocycles. The number of fused-ring (bicyclic) bond motifs is 4. The molecule has 2 nitrogen and oxygen atoms in total. The van der Waals surface area contributed by atoms with E-state index in [4.69, 9.17) is 0 Å². The van der Waals surface area contributed by atoms with Gasteiger partial charge in [0, 0.05) is 33.2 Å². The van der Waals surface area contributed by atoms with Crippen molar-refractivity contribution in [3.63, 3.8) is 0 Å². The summed E-state index contributed by atoms with van der Waals surface area (Å²) in [6.45, 7) is 0. The molecule has 0 N–H and O–H groups in total. The first-order chi connectivity index (χ1) is 33.7. The number of rotatable bonds is 10. The number of anilines is 3. The summed E-state index contributed by atoms with van der Waals surface area (Å²) in [5.41, 5.74) is 18.7. The van der Waals surface area contributed by atoms with Crippen LogP contribution < -0.4 is 4.90 Å². The van der Waals surface area contributed by atoms with Crippen molar-refractivity contribution in [1.82, 2.24) is 4.57 Å². The second-order valence-electron chi connectivity index (χ2n) is 17.3. The van der Waals surface area contributed by atoms with Gasteiger partial charge < -0.3 is 9.47 Å². The first-order valence-corrected chi connectivity index (χ1v) is 23.3. The molecule has 320 valence electrons. The van der Waals surface area contributed by atoms with Crippen molar-refractivity contribution in [3.8, 4) is 39.1 Å². The van der Waals surface area contributed by atoms with E-state index < -0.39 is 0 Å². The van der Waals surface area contributed by atoms with Gasteiger partial charge in [-0.3, -0.25) is 0 Å². The summed E-state index contributed by atoms with van der Waals surface area (Å²) in [5.74, 6) is 0. The summed E-state index contributed by atoms with van der Waals surface area (Å²) in [4.78, 5) is 2.35. The lowest BCUT2D eigenvalue weighted by Crippen LogP contribution is -2.10. The zero-order valence-corrected chi connectivity index (χ0v) is 37.5. The van der Waals surface area contributed by atoms with Gasteiger partial charge in [-0.25, -0.2) is 0 Å². The largest absolute Gasteiger partial charge is 0.310 e. The quantitative estimate of drug-likeness (QED) is 0.124. The third-order valence-electron chi connectivity index (χ3n) is 13.2. The second-order valence-corrected chi connectivity index (χ2v) is 17.3. The molecule has 0 fully saturated rings. The number of hydrogen-bond acceptors (Lipinski definition) is 1. The van der Waals surface area contributed by atoms with Crippen LogP contribution in [0.1, 0.15) is 16.7 Å². The highest BCUT2D eigenvalue weighted by atomic mass is 15.1. The van der Waals surface area contributed by atoms with Gasteiger partial charge in [-0.05, 0) is 134 Å². The Bertz CT molecular complexity index is 3620. The molecule has 1 heterocycles. The van der Waals surface area contributed by atoms with Gasteiger partial charge in [0.15, 0.2) is 0 Å². The number of benzene rings is 11. The van der Waals surface area contributed by atoms with Crippen molar-refractivity contribution in [2.45, 2.75) is 0 Å². The van der Waals surface area contributed by atoms with Crippen LogP contribution in [0.15, 0.2) is 273 Å². The zero-order valence-electron chi connectivity index (χ0n) is 37.5. The Balaban J connectivity index is 0.870. The molecule has 12 aromatic rings. The summed E-state index contributed by atoms with van der Waals surface area (Å²) in [6, 6.07) is 98.6. The number of aromatic nitrogens is 1. The van der Waals surface area contributed by atoms with Gasteiger partial charge in [0.05, 0.1) is 16.7 Å². The van der Waals surface area contributed by atoms with Gasteiger partial charge in [0.1, 0.15) is 0 Å². The first-order valence-electron chi connectivity index (χ1n) is 23.3. The van der Waals surface area contributed by atoms with Crippen molar-refractivity contribution >= 4 is 61.3 Å². The third-order valence-corrected chi connectivity index (χ3v) is 13.2. The van der Waals surface area contributed by atoms with E-state index in [2.05, 4.69) is 289 Å². The summed E-state index contributed by atoms with van der Waals surface area (Å²) in [6.07, 6.45) is 2.31. The number of nitrogens with zero attached hydrogens (tertiary/aromatic N) is 2. The number of para-hydroxylation sites is 1. The molecular formula is C66H46N2. The third kappa shape index (κ3) is 7.74. The Labute approximate surface area is 397 Å². The maximum atomic E-state index is 2.41. The smallest absolute Gasteiger partial charge is 0.0541 e. The Kier molecular flexibility index (Phi) is 10.6. The van der Waals surface area contributed by atoms with Crippen LogP contribution in [0.4, 0.5) is 17.1 Å². The Morgan fingerprint density at radius 1 is 0.324 bits per heavy atom. The molecule has 12 rings (SSSR count). The molecule has 11 aromatic carbocycles. The molecule has 0 aliphatic carbocycles. The van der Waals surface area contributed by atoms with Crippen LogP contribution in [-0.2, 0) is 0 Å². The molecule has 0 aliphatic rings. The summed E-state index contributed by atoms with van der Waals surface area (Å²) in [5, 5.41) is 4.92. The molecule has 0 saturated carbocycles. The summed E-state index contributed by atoms with van der Waals surface area (Å²) < 4.78 is 2.41. The molecule has 68 heavy (non-hydrogen) atoms. The predicted octanol–water partition coefficient (Wildman–Crippen LogP) is 18.0. The predicted molar refractivity (Wildman–Crippen MR) is 289 cm³/mol. The molecule has 0 radical (unpaired) electrons. The first kappa shape index (κ1) is 40.5. The van der Waals surface area contributed by atoms with Crippen molar-refractivity contribution < 1.29 is 0 Å². The van der Waals surface area contributed by atoms with Crippen LogP contribution in [0.5, 0.6) is 0 Å². The van der Waals surface area contributed by atoms with Gasteiger partial charge in [-0.1, -0.05) is 206 Å². The van der Waals surface area contributed by atoms with Crippen LogP contribution in [0.3, 0.4) is 0 Å². The minimum Gasteiger partial charge on any atom is -0.310 e. The van der Waals surface area contributed by atoms with E-state index in [1.165, 1.54) is 77.1 Å². The number of hydrogen-bond donors (Lipinski definition) is 0. The Morgan fingerprint density at radius 3 is 1.38 bits per heavy atom. The molecule has 2 heteroatoms. The lowest BCUT2D eigenvalue weighted by molar-refractivity contribution is 1.18. The van der Waals surface area contributed by atoms with E-state index >= 15 is 0 Å². The molecular weight excluding hydrogens is 821 g/mol. The topological polar surface area (TPSA) is 8.17 Å². The minimum absolute atomic E-state index is 1.11. The van der Waals surface area contributed by atoms with Crippen molar-refractivity contribution in [2.24, 2.45) is 0 Å². The molecule has 1 aromatic heterocycles. The zero-order chi connectivity index (χ0) is 45.2. The van der Waals surface area contributed by atoms with Crippen LogP contribution in [0.25, 0.3) is 83.3 Å². The van der Waals surface area contributed by atoms with Gasteiger partial charge in [-0.2, -0.15) is 0 Å². The van der Waals surface area contributed by atoms with E-state index in [1.807, 2.05) is 0 Å². The average Bonchev–Trinajstić information content (AvgIpc) is 3.75. The van der Waals surface area contributed by atoms with Gasteiger partial charge in [0.2, 0.25) is 0 Å². The molecule has 0 bridgehead atoms. The average molecular weight is 867 g/mol. The van der Waals surface area contributed by atoms with Gasteiger partial charge in [-0.15, -0.1) is 0 Å². The van der Waals surface area contributed by atoms with Crippen LogP contribution in [0, 0.1) is 0 Å². The lowest BCUT2D eigenvalue weighted by atomic mass is 9.94. The second kappa shape index (κ2) is 17.8. The molecule has 0 spiro atoms. The standard InChI is InChI=1S/C66H46N2/c1-5-16-48(17-6-1)55-36-42-65-62(45-55)63-46-56(49-18-7-2-8-19-49)37-43-66(63)68(65)59-40-34-51(35-41-59)50-30-32-54(33-31-50)61(53-20-9-3-10-21-53)44-47-28-38-58(39-29-47)67(57-24-11-4-12-25-57)64-27-15-23-52-22-13-14-26-60(52)64/h1-46H. The fourth-order valence-electron chi connectivity index (χ4n) is 9.81. The Hall–Kier alpha value is -8.98. The summed E-state index contributed by atoms with van der Waals surface area (Å²) >= 11 is 0. The van der Waals surface area contributed by atoms with Crippen LogP contribution in [0.2, 0.25) is 0 Å². The van der Waals surface area contributed by atoms with E-state index in [0.29, 0.717) is 0 Å². The van der Waals surface area contributed by atoms with E-state index in [-0.39, 0.29) is 0 Å². The lowest BCUT2D eigenvalue weighted by Gasteiger charge is -2.27. The molecule has 0 aliphatic heterocycles. The van der Waals surface area contributed by atoms with Crippen LogP contribution in [-0.4, -0.2) is 4.57 Å². The maximum absolute atomic E-state index is 2.41. The molecule has 0 atom stereocenters. The molecule has 0 unspecified atom stereocenters. The van der Waals surface area contributed by atoms with E-state index in [9.17, 15) is 0 Å². The highest BCUT2D eigenvalue weighted by Crippen LogP contribution is 2.41. The van der Waals surface area contributed by atoms with E-state index in [0.717, 1.165) is 33.9 Å². The molecule has 0 amide bonds. The van der Waals surface area contributed by atoms with Crippen molar-refractivity contribution in [1.29, 1.82) is 0 Å². The van der Waals surface area contributed by atoms with Crippen molar-refractivity contribution in [2.75, 3.05) is 4.90 Å². The fourth-order valence-corrected chi connectivity index (χ4v) is 9.81. The highest BCUT2D eigenvalue weighted by molar-refractivity contribution is 6.11. The summed E-state index contributed by atoms with van der Waals surface area (Å²) in [7, 11) is 0. The van der Waals surface area contributed by atoms with Gasteiger partial charge in [0.25, 0.3) is 0 Å². The minimum atomic E-state index is 1.11. The fraction of sp³-hybridized carbons (Fsp3) is 0. The SMILES string of the molecule is C(=C(c1ccccc1)c1ccc(-c2ccc(-n3c4ccc(-c5ccccc5)cc4c4cc(-c5ccccc5)ccc43)cc2)cc1)c1ccc(N(c2ccccc2)c2cccc3ccccc23)cc1. The Morgan fingerprint density at radius 2 is 0.779 bits per heavy atom. The monoisotopic (exact) mass is 866 g/mol. The van der Waals surface area contributed by atoms with Crippen LogP contribution >= 0.6 is 0 Å². The van der Waals surface area contributed by atoms with E-state index in [1.54, 1.807) is 0 Å².